The van der Waals surface area contributed by atoms with E-state index in [0.29, 0.717) is 19.1 Å². The summed E-state index contributed by atoms with van der Waals surface area (Å²) in [4.78, 5) is 27.2. The fourth-order valence-corrected chi connectivity index (χ4v) is 2.63. The zero-order valence-electron chi connectivity index (χ0n) is 12.7. The number of nitrogens with one attached hydrogen (secondary N) is 1. The molecule has 1 heterocycles. The molecule has 1 saturated carbocycles. The monoisotopic (exact) mass is 323 g/mol. The lowest BCUT2D eigenvalue weighted by atomic mass is 10.1. The maximum Gasteiger partial charge on any atom is 0.237 e. The van der Waals surface area contributed by atoms with E-state index in [1.165, 1.54) is 4.90 Å². The molecule has 5 nitrogen and oxygen atoms in total. The minimum Gasteiger partial charge on any atom is -0.352 e. The summed E-state index contributed by atoms with van der Waals surface area (Å²) in [6.45, 7) is 1.30. The second-order valence-corrected chi connectivity index (χ2v) is 6.10. The van der Waals surface area contributed by atoms with E-state index in [4.69, 9.17) is 0 Å². The highest BCUT2D eigenvalue weighted by atomic mass is 19.1. The van der Waals surface area contributed by atoms with Crippen LogP contribution in [0.4, 0.5) is 8.78 Å². The van der Waals surface area contributed by atoms with Gasteiger partial charge in [-0.3, -0.25) is 14.5 Å². The topological polar surface area (TPSA) is 52.7 Å². The fourth-order valence-electron chi connectivity index (χ4n) is 2.63. The van der Waals surface area contributed by atoms with Gasteiger partial charge in [-0.1, -0.05) is 0 Å². The first-order chi connectivity index (χ1) is 11.0. The normalized spacial score (nSPS) is 19.0. The predicted octanol–water partition coefficient (Wildman–Crippen LogP) is 0.888. The molecule has 2 amide bonds. The number of piperazine rings is 1. The van der Waals surface area contributed by atoms with E-state index < -0.39 is 11.6 Å². The van der Waals surface area contributed by atoms with Crippen LogP contribution in [0.2, 0.25) is 0 Å². The molecule has 1 aliphatic carbocycles. The van der Waals surface area contributed by atoms with Crippen molar-refractivity contribution in [1.29, 1.82) is 0 Å². The molecule has 0 radical (unpaired) electrons. The molecule has 23 heavy (non-hydrogen) atoms. The van der Waals surface area contributed by atoms with Crippen LogP contribution in [0.25, 0.3) is 0 Å². The lowest BCUT2D eigenvalue weighted by Gasteiger charge is -2.34. The molecule has 0 aromatic heterocycles. The van der Waals surface area contributed by atoms with Crippen molar-refractivity contribution in [2.45, 2.75) is 25.4 Å². The maximum atomic E-state index is 13.7. The van der Waals surface area contributed by atoms with E-state index in [9.17, 15) is 18.4 Å². The van der Waals surface area contributed by atoms with Gasteiger partial charge in [-0.15, -0.1) is 0 Å². The average Bonchev–Trinajstić information content (AvgIpc) is 3.29. The zero-order chi connectivity index (χ0) is 16.4. The quantitative estimate of drug-likeness (QED) is 0.875. The largest absolute Gasteiger partial charge is 0.352 e. The van der Waals surface area contributed by atoms with Crippen LogP contribution in [0.15, 0.2) is 18.2 Å². The Balaban J connectivity index is 1.52. The van der Waals surface area contributed by atoms with Gasteiger partial charge in [0.05, 0.1) is 13.1 Å². The number of amides is 2. The van der Waals surface area contributed by atoms with E-state index >= 15 is 0 Å². The Morgan fingerprint density at radius 3 is 2.74 bits per heavy atom. The molecule has 2 fully saturated rings. The lowest BCUT2D eigenvalue weighted by molar-refractivity contribution is -0.137. The van der Waals surface area contributed by atoms with Crippen LogP contribution in [0, 0.1) is 11.6 Å². The molecule has 7 heteroatoms. The Hall–Kier alpha value is -2.02. The first-order valence-corrected chi connectivity index (χ1v) is 7.74. The van der Waals surface area contributed by atoms with Crippen molar-refractivity contribution in [3.63, 3.8) is 0 Å². The molecule has 0 spiro atoms. The molecule has 1 aliphatic heterocycles. The van der Waals surface area contributed by atoms with Crippen LogP contribution in [-0.4, -0.2) is 53.8 Å². The van der Waals surface area contributed by atoms with Crippen LogP contribution in [0.5, 0.6) is 0 Å². The maximum absolute atomic E-state index is 13.7. The van der Waals surface area contributed by atoms with Crippen LogP contribution < -0.4 is 5.32 Å². The molecule has 0 atom stereocenters. The molecule has 1 aromatic rings. The lowest BCUT2D eigenvalue weighted by Crippen LogP contribution is -2.52. The van der Waals surface area contributed by atoms with Gasteiger partial charge in [0, 0.05) is 31.2 Å². The van der Waals surface area contributed by atoms with Crippen LogP contribution in [0.3, 0.4) is 0 Å². The van der Waals surface area contributed by atoms with Gasteiger partial charge in [-0.05, 0) is 31.0 Å². The zero-order valence-corrected chi connectivity index (χ0v) is 12.7. The van der Waals surface area contributed by atoms with Gasteiger partial charge in [0.2, 0.25) is 11.8 Å². The minimum atomic E-state index is -0.524. The van der Waals surface area contributed by atoms with Crippen molar-refractivity contribution in [3.05, 3.63) is 35.4 Å². The standard InChI is InChI=1S/C16H19F2N3O2/c17-12-1-4-14(18)11(7-12)8-21-6-5-20(10-16(21)23)9-15(22)19-13-2-3-13/h1,4,7,13H,2-3,5-6,8-10H2,(H,19,22). The third-order valence-corrected chi connectivity index (χ3v) is 4.08. The summed E-state index contributed by atoms with van der Waals surface area (Å²) in [6, 6.07) is 3.53. The van der Waals surface area contributed by atoms with Gasteiger partial charge in [-0.2, -0.15) is 0 Å². The first-order valence-electron chi connectivity index (χ1n) is 7.74. The molecular weight excluding hydrogens is 304 g/mol. The van der Waals surface area contributed by atoms with Crippen molar-refractivity contribution in [3.8, 4) is 0 Å². The van der Waals surface area contributed by atoms with Gasteiger partial charge in [0.25, 0.3) is 0 Å². The summed E-state index contributed by atoms with van der Waals surface area (Å²) in [5.41, 5.74) is 0.165. The summed E-state index contributed by atoms with van der Waals surface area (Å²) in [5, 5.41) is 2.88. The van der Waals surface area contributed by atoms with Gasteiger partial charge < -0.3 is 10.2 Å². The van der Waals surface area contributed by atoms with Crippen molar-refractivity contribution in [1.82, 2.24) is 15.1 Å². The Kier molecular flexibility index (Phi) is 4.56. The molecule has 124 valence electrons. The van der Waals surface area contributed by atoms with E-state index in [1.54, 1.807) is 4.90 Å². The molecule has 2 aliphatic rings. The SMILES string of the molecule is O=C(CN1CCN(Cc2cc(F)ccc2F)C(=O)C1)NC1CC1. The van der Waals surface area contributed by atoms with Crippen LogP contribution >= 0.6 is 0 Å². The number of halogens is 2. The number of benzene rings is 1. The number of rotatable bonds is 5. The van der Waals surface area contributed by atoms with E-state index in [-0.39, 0.29) is 37.0 Å². The van der Waals surface area contributed by atoms with Gasteiger partial charge in [0.15, 0.2) is 0 Å². The third-order valence-electron chi connectivity index (χ3n) is 4.08. The van der Waals surface area contributed by atoms with Crippen molar-refractivity contribution < 1.29 is 18.4 Å². The van der Waals surface area contributed by atoms with Crippen molar-refractivity contribution in [2.75, 3.05) is 26.2 Å². The number of nitrogens with zero attached hydrogens (tertiary/aromatic N) is 2. The Morgan fingerprint density at radius 2 is 2.04 bits per heavy atom. The summed E-state index contributed by atoms with van der Waals surface area (Å²) in [7, 11) is 0. The summed E-state index contributed by atoms with van der Waals surface area (Å²) in [6.07, 6.45) is 2.05. The highest BCUT2D eigenvalue weighted by Gasteiger charge is 2.28. The van der Waals surface area contributed by atoms with Crippen LogP contribution in [0.1, 0.15) is 18.4 Å². The molecule has 1 N–H and O–H groups in total. The highest BCUT2D eigenvalue weighted by molar-refractivity contribution is 5.82. The second kappa shape index (κ2) is 6.62. The Bertz CT molecular complexity index is 619. The number of carbonyl (C=O) groups excluding carboxylic acids is 2. The van der Waals surface area contributed by atoms with E-state index in [2.05, 4.69) is 5.32 Å². The van der Waals surface area contributed by atoms with Gasteiger partial charge in [-0.25, -0.2) is 8.78 Å². The third kappa shape index (κ3) is 4.25. The number of carbonyl (C=O) groups is 2. The van der Waals surface area contributed by atoms with E-state index in [0.717, 1.165) is 31.0 Å². The fraction of sp³-hybridized carbons (Fsp3) is 0.500. The molecule has 0 bridgehead atoms. The first kappa shape index (κ1) is 15.9. The van der Waals surface area contributed by atoms with Gasteiger partial charge in [0.1, 0.15) is 11.6 Å². The molecule has 1 saturated heterocycles. The summed E-state index contributed by atoms with van der Waals surface area (Å²) < 4.78 is 26.9. The Labute approximate surface area is 133 Å². The number of hydrogen-bond acceptors (Lipinski definition) is 3. The molecular formula is C16H19F2N3O2. The van der Waals surface area contributed by atoms with E-state index in [1.807, 2.05) is 0 Å². The second-order valence-electron chi connectivity index (χ2n) is 6.10. The van der Waals surface area contributed by atoms with Crippen LogP contribution in [-0.2, 0) is 16.1 Å². The van der Waals surface area contributed by atoms with Gasteiger partial charge >= 0.3 is 0 Å². The highest BCUT2D eigenvalue weighted by Crippen LogP contribution is 2.18. The summed E-state index contributed by atoms with van der Waals surface area (Å²) in [5.74, 6) is -1.29. The smallest absolute Gasteiger partial charge is 0.237 e. The number of hydrogen-bond donors (Lipinski definition) is 1. The minimum absolute atomic E-state index is 0.0462. The van der Waals surface area contributed by atoms with Crippen molar-refractivity contribution in [2.24, 2.45) is 0 Å². The summed E-state index contributed by atoms with van der Waals surface area (Å²) >= 11 is 0. The van der Waals surface area contributed by atoms with Crippen molar-refractivity contribution >= 4 is 11.8 Å². The Morgan fingerprint density at radius 1 is 1.26 bits per heavy atom. The molecule has 1 aromatic carbocycles. The molecule has 0 unspecified atom stereocenters. The average molecular weight is 323 g/mol. The molecule has 3 rings (SSSR count). The predicted molar refractivity (Wildman–Crippen MR) is 79.4 cm³/mol.